The second-order valence-electron chi connectivity index (χ2n) is 7.58. The van der Waals surface area contributed by atoms with Crippen molar-refractivity contribution < 1.29 is 14.3 Å². The molecule has 2 saturated heterocycles. The number of hydrogen-bond donors (Lipinski definition) is 1. The molecule has 1 amide bonds. The fourth-order valence-electron chi connectivity index (χ4n) is 4.16. The second-order valence-corrected chi connectivity index (χ2v) is 7.58. The summed E-state index contributed by atoms with van der Waals surface area (Å²) in [6, 6.07) is 9.40. The highest BCUT2D eigenvalue weighted by molar-refractivity contribution is 6.05. The molecule has 2 aromatic rings. The number of nitrogens with zero attached hydrogens (tertiary/aromatic N) is 3. The molecule has 1 N–H and O–H groups in total. The summed E-state index contributed by atoms with van der Waals surface area (Å²) in [4.78, 5) is 15.3. The monoisotopic (exact) mass is 384 g/mol. The van der Waals surface area contributed by atoms with E-state index >= 15 is 0 Å². The van der Waals surface area contributed by atoms with E-state index in [0.717, 1.165) is 51.5 Å². The van der Waals surface area contributed by atoms with E-state index in [0.29, 0.717) is 23.3 Å². The van der Waals surface area contributed by atoms with Crippen molar-refractivity contribution in [1.29, 1.82) is 0 Å². The topological polar surface area (TPSA) is 68.6 Å². The smallest absolute Gasteiger partial charge is 0.260 e. The van der Waals surface area contributed by atoms with Crippen molar-refractivity contribution in [2.75, 3.05) is 45.3 Å². The quantitative estimate of drug-likeness (QED) is 0.829. The second kappa shape index (κ2) is 8.75. The van der Waals surface area contributed by atoms with Crippen LogP contribution in [0.2, 0.25) is 0 Å². The minimum absolute atomic E-state index is 0.183. The standard InChI is InChI=1S/C21H28N4O3/c1-27-19-5-3-2-4-18(19)21(26)23-20-6-10-22-25(20)17-7-11-24(12-8-17)14-16-9-13-28-15-16/h2-6,10,16-17H,7-9,11-15H2,1H3,(H,23,26). The summed E-state index contributed by atoms with van der Waals surface area (Å²) < 4.78 is 12.8. The summed E-state index contributed by atoms with van der Waals surface area (Å²) in [5.41, 5.74) is 0.520. The molecule has 0 bridgehead atoms. The van der Waals surface area contributed by atoms with E-state index in [4.69, 9.17) is 9.47 Å². The summed E-state index contributed by atoms with van der Waals surface area (Å²) in [5.74, 6) is 1.80. The van der Waals surface area contributed by atoms with Crippen molar-refractivity contribution in [3.63, 3.8) is 0 Å². The molecule has 1 aromatic carbocycles. The molecule has 0 spiro atoms. The Morgan fingerprint density at radius 2 is 2.07 bits per heavy atom. The summed E-state index contributed by atoms with van der Waals surface area (Å²) in [5, 5.41) is 7.49. The van der Waals surface area contributed by atoms with Gasteiger partial charge in [0, 0.05) is 32.3 Å². The van der Waals surface area contributed by atoms with Crippen LogP contribution in [0.25, 0.3) is 0 Å². The van der Waals surface area contributed by atoms with Crippen LogP contribution in [0.4, 0.5) is 5.82 Å². The lowest BCUT2D eigenvalue weighted by atomic mass is 10.0. The maximum atomic E-state index is 12.7. The number of amides is 1. The van der Waals surface area contributed by atoms with Crippen LogP contribution >= 0.6 is 0 Å². The van der Waals surface area contributed by atoms with Gasteiger partial charge in [-0.25, -0.2) is 4.68 Å². The lowest BCUT2D eigenvalue weighted by Crippen LogP contribution is -2.38. The molecule has 28 heavy (non-hydrogen) atoms. The number of methoxy groups -OCH3 is 1. The van der Waals surface area contributed by atoms with Gasteiger partial charge < -0.3 is 19.7 Å². The Hall–Kier alpha value is -2.38. The first kappa shape index (κ1) is 19.0. The van der Waals surface area contributed by atoms with Crippen LogP contribution < -0.4 is 10.1 Å². The summed E-state index contributed by atoms with van der Waals surface area (Å²) in [7, 11) is 1.57. The normalized spacial score (nSPS) is 21.0. The van der Waals surface area contributed by atoms with Crippen LogP contribution in [0.5, 0.6) is 5.75 Å². The molecule has 0 aliphatic carbocycles. The highest BCUT2D eigenvalue weighted by atomic mass is 16.5. The minimum atomic E-state index is -0.183. The number of para-hydroxylation sites is 1. The molecule has 0 radical (unpaired) electrons. The van der Waals surface area contributed by atoms with Crippen LogP contribution in [-0.2, 0) is 4.74 Å². The van der Waals surface area contributed by atoms with Crippen molar-refractivity contribution in [3.05, 3.63) is 42.1 Å². The number of piperidine rings is 1. The first-order valence-electron chi connectivity index (χ1n) is 10.0. The SMILES string of the molecule is COc1ccccc1C(=O)Nc1ccnn1C1CCN(CC2CCOC2)CC1. The van der Waals surface area contributed by atoms with Crippen LogP contribution in [0, 0.1) is 5.92 Å². The lowest BCUT2D eigenvalue weighted by molar-refractivity contribution is 0.102. The summed E-state index contributed by atoms with van der Waals surface area (Å²) >= 11 is 0. The number of anilines is 1. The van der Waals surface area contributed by atoms with E-state index in [9.17, 15) is 4.79 Å². The van der Waals surface area contributed by atoms with Crippen molar-refractivity contribution >= 4 is 11.7 Å². The Bertz CT molecular complexity index is 792. The third-order valence-electron chi connectivity index (χ3n) is 5.71. The predicted octanol–water partition coefficient (Wildman–Crippen LogP) is 2.82. The maximum absolute atomic E-state index is 12.7. The number of hydrogen-bond acceptors (Lipinski definition) is 5. The van der Waals surface area contributed by atoms with Crippen molar-refractivity contribution in [2.45, 2.75) is 25.3 Å². The number of likely N-dealkylation sites (tertiary alicyclic amines) is 1. The fourth-order valence-corrected chi connectivity index (χ4v) is 4.16. The molecule has 2 aliphatic heterocycles. The number of ether oxygens (including phenoxy) is 2. The van der Waals surface area contributed by atoms with E-state index in [1.807, 2.05) is 22.9 Å². The lowest BCUT2D eigenvalue weighted by Gasteiger charge is -2.33. The molecule has 0 saturated carbocycles. The molecule has 1 atom stereocenters. The summed E-state index contributed by atoms with van der Waals surface area (Å²) in [6.45, 7) is 5.05. The van der Waals surface area contributed by atoms with Gasteiger partial charge in [-0.2, -0.15) is 5.10 Å². The van der Waals surface area contributed by atoms with Crippen molar-refractivity contribution in [1.82, 2.24) is 14.7 Å². The van der Waals surface area contributed by atoms with E-state index in [1.165, 1.54) is 6.42 Å². The summed E-state index contributed by atoms with van der Waals surface area (Å²) in [6.07, 6.45) is 5.00. The Kier molecular flexibility index (Phi) is 5.92. The molecule has 7 nitrogen and oxygen atoms in total. The molecule has 1 unspecified atom stereocenters. The zero-order valence-corrected chi connectivity index (χ0v) is 16.3. The van der Waals surface area contributed by atoms with Gasteiger partial charge in [-0.05, 0) is 37.3 Å². The van der Waals surface area contributed by atoms with Gasteiger partial charge >= 0.3 is 0 Å². The highest BCUT2D eigenvalue weighted by Gasteiger charge is 2.26. The average Bonchev–Trinajstić information content (AvgIpc) is 3.41. The molecule has 2 fully saturated rings. The van der Waals surface area contributed by atoms with Gasteiger partial charge in [-0.15, -0.1) is 0 Å². The third-order valence-corrected chi connectivity index (χ3v) is 5.71. The Morgan fingerprint density at radius 3 is 2.82 bits per heavy atom. The van der Waals surface area contributed by atoms with Gasteiger partial charge in [0.25, 0.3) is 5.91 Å². The zero-order valence-electron chi connectivity index (χ0n) is 16.3. The average molecular weight is 384 g/mol. The predicted molar refractivity (Wildman–Crippen MR) is 107 cm³/mol. The molecule has 2 aliphatic rings. The highest BCUT2D eigenvalue weighted by Crippen LogP contribution is 2.27. The van der Waals surface area contributed by atoms with Gasteiger partial charge in [0.2, 0.25) is 0 Å². The number of carbonyl (C=O) groups is 1. The first-order valence-corrected chi connectivity index (χ1v) is 10.0. The fraction of sp³-hybridized carbons (Fsp3) is 0.524. The molecular formula is C21H28N4O3. The molecular weight excluding hydrogens is 356 g/mol. The number of nitrogens with one attached hydrogen (secondary N) is 1. The van der Waals surface area contributed by atoms with Gasteiger partial charge in [-0.3, -0.25) is 4.79 Å². The number of carbonyl (C=O) groups excluding carboxylic acids is 1. The largest absolute Gasteiger partial charge is 0.496 e. The van der Waals surface area contributed by atoms with Crippen molar-refractivity contribution in [2.24, 2.45) is 5.92 Å². The molecule has 3 heterocycles. The molecule has 4 rings (SSSR count). The number of benzene rings is 1. The maximum Gasteiger partial charge on any atom is 0.260 e. The number of aromatic nitrogens is 2. The van der Waals surface area contributed by atoms with Crippen LogP contribution in [-0.4, -0.2) is 60.5 Å². The zero-order chi connectivity index (χ0) is 19.3. The molecule has 1 aromatic heterocycles. The van der Waals surface area contributed by atoms with E-state index in [2.05, 4.69) is 15.3 Å². The van der Waals surface area contributed by atoms with Gasteiger partial charge in [0.1, 0.15) is 11.6 Å². The minimum Gasteiger partial charge on any atom is -0.496 e. The van der Waals surface area contributed by atoms with E-state index < -0.39 is 0 Å². The Morgan fingerprint density at radius 1 is 1.25 bits per heavy atom. The Balaban J connectivity index is 1.37. The van der Waals surface area contributed by atoms with Gasteiger partial charge in [0.05, 0.1) is 31.5 Å². The van der Waals surface area contributed by atoms with Crippen molar-refractivity contribution in [3.8, 4) is 5.75 Å². The van der Waals surface area contributed by atoms with Gasteiger partial charge in [0.15, 0.2) is 0 Å². The van der Waals surface area contributed by atoms with Crippen LogP contribution in [0.3, 0.4) is 0 Å². The van der Waals surface area contributed by atoms with E-state index in [-0.39, 0.29) is 5.91 Å². The van der Waals surface area contributed by atoms with Crippen LogP contribution in [0.15, 0.2) is 36.5 Å². The number of rotatable bonds is 6. The molecule has 150 valence electrons. The Labute approximate surface area is 165 Å². The van der Waals surface area contributed by atoms with Crippen LogP contribution in [0.1, 0.15) is 35.7 Å². The molecule has 7 heteroatoms. The third kappa shape index (κ3) is 4.20. The first-order chi connectivity index (χ1) is 13.7. The van der Waals surface area contributed by atoms with E-state index in [1.54, 1.807) is 25.4 Å². The van der Waals surface area contributed by atoms with Gasteiger partial charge in [-0.1, -0.05) is 12.1 Å².